The van der Waals surface area contributed by atoms with Gasteiger partial charge in [0.15, 0.2) is 0 Å². The minimum atomic E-state index is -0.832. The van der Waals surface area contributed by atoms with E-state index in [9.17, 15) is 9.59 Å². The van der Waals surface area contributed by atoms with Crippen molar-refractivity contribution in [2.75, 3.05) is 6.61 Å². The van der Waals surface area contributed by atoms with Gasteiger partial charge in [-0.05, 0) is 6.42 Å². The van der Waals surface area contributed by atoms with E-state index in [1.54, 1.807) is 0 Å². The lowest BCUT2D eigenvalue weighted by molar-refractivity contribution is -0.141. The van der Waals surface area contributed by atoms with Gasteiger partial charge >= 0.3 is 11.9 Å². The van der Waals surface area contributed by atoms with E-state index in [1.807, 2.05) is 0 Å². The number of esters is 1. The van der Waals surface area contributed by atoms with Crippen LogP contribution < -0.4 is 0 Å². The summed E-state index contributed by atoms with van der Waals surface area (Å²) in [5.74, 6) is -1.17. The lowest BCUT2D eigenvalue weighted by Gasteiger charge is -2.15. The van der Waals surface area contributed by atoms with Gasteiger partial charge in [0.2, 0.25) is 0 Å². The highest BCUT2D eigenvalue weighted by atomic mass is 79.9. The van der Waals surface area contributed by atoms with Crippen LogP contribution in [0.25, 0.3) is 0 Å². The van der Waals surface area contributed by atoms with Crippen LogP contribution in [0, 0.1) is 0 Å². The molecule has 0 rings (SSSR count). The largest absolute Gasteiger partial charge is 0.481 e. The first-order valence-corrected chi connectivity index (χ1v) is 5.90. The van der Waals surface area contributed by atoms with E-state index in [1.165, 1.54) is 6.92 Å². The minimum absolute atomic E-state index is 0.0158. The molecule has 0 saturated carbocycles. The van der Waals surface area contributed by atoms with Crippen LogP contribution in [0.2, 0.25) is 0 Å². The first-order chi connectivity index (χ1) is 6.43. The summed E-state index contributed by atoms with van der Waals surface area (Å²) in [6.45, 7) is 1.57. The summed E-state index contributed by atoms with van der Waals surface area (Å²) in [6, 6.07) is 0. The Bertz CT molecular complexity index is 186. The van der Waals surface area contributed by atoms with Gasteiger partial charge in [0.1, 0.15) is 6.61 Å². The maximum atomic E-state index is 10.5. The molecule has 0 radical (unpaired) electrons. The molecule has 0 aliphatic rings. The summed E-state index contributed by atoms with van der Waals surface area (Å²) in [5.41, 5.74) is 0. The molecule has 4 nitrogen and oxygen atoms in total. The van der Waals surface area contributed by atoms with Crippen LogP contribution in [0.3, 0.4) is 0 Å². The van der Waals surface area contributed by atoms with Crippen molar-refractivity contribution in [3.8, 4) is 0 Å². The molecule has 0 spiro atoms. The molecule has 0 amide bonds. The van der Waals surface area contributed by atoms with Gasteiger partial charge in [0, 0.05) is 18.2 Å². The molecule has 0 aromatic rings. The minimum Gasteiger partial charge on any atom is -0.481 e. The Hall–Kier alpha value is -0.100. The van der Waals surface area contributed by atoms with Gasteiger partial charge in [0.25, 0.3) is 0 Å². The average molecular weight is 332 g/mol. The van der Waals surface area contributed by atoms with Crippen LogP contribution in [0.5, 0.6) is 0 Å². The van der Waals surface area contributed by atoms with E-state index < -0.39 is 5.97 Å². The molecule has 0 unspecified atom stereocenters. The molecule has 82 valence electrons. The van der Waals surface area contributed by atoms with E-state index in [0.29, 0.717) is 6.42 Å². The molecular formula is C8H12Br2O4. The Morgan fingerprint density at radius 3 is 2.36 bits per heavy atom. The van der Waals surface area contributed by atoms with Crippen molar-refractivity contribution in [2.45, 2.75) is 29.4 Å². The summed E-state index contributed by atoms with van der Waals surface area (Å²) < 4.78 is 4.77. The second kappa shape index (κ2) is 7.23. The third kappa shape index (κ3) is 7.32. The van der Waals surface area contributed by atoms with Crippen LogP contribution in [0.4, 0.5) is 0 Å². The smallest absolute Gasteiger partial charge is 0.303 e. The van der Waals surface area contributed by atoms with Crippen molar-refractivity contribution in [1.29, 1.82) is 0 Å². The van der Waals surface area contributed by atoms with E-state index in [2.05, 4.69) is 31.9 Å². The van der Waals surface area contributed by atoms with Crippen molar-refractivity contribution in [3.63, 3.8) is 0 Å². The lowest BCUT2D eigenvalue weighted by atomic mass is 10.2. The number of carboxylic acid groups (broad SMARTS) is 1. The van der Waals surface area contributed by atoms with Crippen molar-refractivity contribution >= 4 is 43.8 Å². The van der Waals surface area contributed by atoms with E-state index in [0.717, 1.165) is 0 Å². The predicted molar refractivity (Wildman–Crippen MR) is 58.9 cm³/mol. The normalized spacial score (nSPS) is 14.5. The Morgan fingerprint density at radius 2 is 1.93 bits per heavy atom. The zero-order valence-electron chi connectivity index (χ0n) is 7.70. The summed E-state index contributed by atoms with van der Waals surface area (Å²) >= 11 is 6.63. The zero-order chi connectivity index (χ0) is 11.1. The second-order valence-electron chi connectivity index (χ2n) is 2.77. The monoisotopic (exact) mass is 330 g/mol. The topological polar surface area (TPSA) is 63.6 Å². The number of hydrogen-bond acceptors (Lipinski definition) is 3. The Morgan fingerprint density at radius 1 is 1.36 bits per heavy atom. The maximum Gasteiger partial charge on any atom is 0.303 e. The molecule has 6 heteroatoms. The standard InChI is InChI=1S/C8H12Br2O4/c1-5(11)14-4-7(10)6(9)2-3-8(12)13/h6-7H,2-4H2,1H3,(H,12,13)/t6-,7-/m0/s1. The highest BCUT2D eigenvalue weighted by Crippen LogP contribution is 2.19. The SMILES string of the molecule is CC(=O)OC[C@H](Br)[C@@H](Br)CCC(=O)O. The molecule has 0 aromatic carbocycles. The van der Waals surface area contributed by atoms with Crippen molar-refractivity contribution in [1.82, 2.24) is 0 Å². The fourth-order valence-corrected chi connectivity index (χ4v) is 1.52. The fraction of sp³-hybridized carbons (Fsp3) is 0.750. The maximum absolute atomic E-state index is 10.5. The van der Waals surface area contributed by atoms with Gasteiger partial charge < -0.3 is 9.84 Å². The highest BCUT2D eigenvalue weighted by Gasteiger charge is 2.17. The Kier molecular flexibility index (Phi) is 7.17. The molecule has 0 aliphatic carbocycles. The van der Waals surface area contributed by atoms with Crippen LogP contribution >= 0.6 is 31.9 Å². The van der Waals surface area contributed by atoms with E-state index in [4.69, 9.17) is 9.84 Å². The van der Waals surface area contributed by atoms with E-state index >= 15 is 0 Å². The number of carboxylic acids is 1. The van der Waals surface area contributed by atoms with Crippen molar-refractivity contribution in [3.05, 3.63) is 0 Å². The molecule has 0 fully saturated rings. The molecule has 2 atom stereocenters. The first-order valence-electron chi connectivity index (χ1n) is 4.06. The number of halogens is 2. The summed E-state index contributed by atoms with van der Waals surface area (Å²) in [5, 5.41) is 8.44. The molecule has 0 heterocycles. The molecule has 1 N–H and O–H groups in total. The van der Waals surface area contributed by atoms with Gasteiger partial charge in [-0.25, -0.2) is 0 Å². The van der Waals surface area contributed by atoms with Gasteiger partial charge in [-0.15, -0.1) is 0 Å². The van der Waals surface area contributed by atoms with Gasteiger partial charge in [0.05, 0.1) is 4.83 Å². The average Bonchev–Trinajstić information content (AvgIpc) is 2.09. The van der Waals surface area contributed by atoms with Crippen LogP contribution in [-0.4, -0.2) is 33.3 Å². The predicted octanol–water partition coefficient (Wildman–Crippen LogP) is 1.94. The Labute approximate surface area is 99.3 Å². The summed E-state index contributed by atoms with van der Waals surface area (Å²) in [6.07, 6.45) is 0.588. The third-order valence-corrected chi connectivity index (χ3v) is 4.18. The summed E-state index contributed by atoms with van der Waals surface area (Å²) in [4.78, 5) is 20.7. The number of rotatable bonds is 6. The molecule has 0 saturated heterocycles. The molecule has 14 heavy (non-hydrogen) atoms. The molecular weight excluding hydrogens is 320 g/mol. The number of carbonyl (C=O) groups is 2. The van der Waals surface area contributed by atoms with Crippen LogP contribution in [-0.2, 0) is 14.3 Å². The summed E-state index contributed by atoms with van der Waals surface area (Å²) in [7, 11) is 0. The lowest BCUT2D eigenvalue weighted by Crippen LogP contribution is -2.22. The van der Waals surface area contributed by atoms with Crippen molar-refractivity contribution < 1.29 is 19.4 Å². The number of hydrogen-bond donors (Lipinski definition) is 1. The molecule has 0 aromatic heterocycles. The quantitative estimate of drug-likeness (QED) is 0.596. The third-order valence-electron chi connectivity index (χ3n) is 1.47. The second-order valence-corrected chi connectivity index (χ2v) is 5.12. The van der Waals surface area contributed by atoms with Gasteiger partial charge in [-0.1, -0.05) is 31.9 Å². The van der Waals surface area contributed by atoms with Crippen LogP contribution in [0.1, 0.15) is 19.8 Å². The van der Waals surface area contributed by atoms with Crippen molar-refractivity contribution in [2.24, 2.45) is 0 Å². The number of aliphatic carboxylic acids is 1. The van der Waals surface area contributed by atoms with Gasteiger partial charge in [-0.2, -0.15) is 0 Å². The molecule has 0 aliphatic heterocycles. The fourth-order valence-electron chi connectivity index (χ4n) is 0.744. The zero-order valence-corrected chi connectivity index (χ0v) is 10.9. The number of alkyl halides is 2. The number of carbonyl (C=O) groups excluding carboxylic acids is 1. The van der Waals surface area contributed by atoms with E-state index in [-0.39, 0.29) is 28.7 Å². The van der Waals surface area contributed by atoms with Crippen LogP contribution in [0.15, 0.2) is 0 Å². The molecule has 0 bridgehead atoms. The highest BCUT2D eigenvalue weighted by molar-refractivity contribution is 9.12. The number of ether oxygens (including phenoxy) is 1. The van der Waals surface area contributed by atoms with Gasteiger partial charge in [-0.3, -0.25) is 9.59 Å². The Balaban J connectivity index is 3.69. The first kappa shape index (κ1) is 13.9.